The SMILES string of the molecule is COc1ccc(CNC(=O)CNC(=O)c2ccc(F)cc2F)cc1OC. The molecule has 2 aromatic carbocycles. The van der Waals surface area contributed by atoms with Gasteiger partial charge in [0.15, 0.2) is 11.5 Å². The molecule has 26 heavy (non-hydrogen) atoms. The maximum Gasteiger partial charge on any atom is 0.254 e. The number of ether oxygens (including phenoxy) is 2. The second-order valence-electron chi connectivity index (χ2n) is 5.27. The maximum absolute atomic E-state index is 13.5. The molecule has 0 unspecified atom stereocenters. The standard InChI is InChI=1S/C18H18F2N2O4/c1-25-15-6-3-11(7-16(15)26-2)9-21-17(23)10-22-18(24)13-5-4-12(19)8-14(13)20/h3-8H,9-10H2,1-2H3,(H,21,23)(H,22,24). The number of carbonyl (C=O) groups is 2. The average molecular weight is 364 g/mol. The highest BCUT2D eigenvalue weighted by atomic mass is 19.1. The Morgan fingerprint density at radius 2 is 1.69 bits per heavy atom. The summed E-state index contributed by atoms with van der Waals surface area (Å²) in [6.45, 7) is -0.136. The lowest BCUT2D eigenvalue weighted by molar-refractivity contribution is -0.120. The van der Waals surface area contributed by atoms with Crippen molar-refractivity contribution in [3.8, 4) is 11.5 Å². The summed E-state index contributed by atoms with van der Waals surface area (Å²) in [6.07, 6.45) is 0. The Bertz CT molecular complexity index is 812. The van der Waals surface area contributed by atoms with Gasteiger partial charge in [0.2, 0.25) is 5.91 Å². The van der Waals surface area contributed by atoms with Crippen molar-refractivity contribution in [1.29, 1.82) is 0 Å². The van der Waals surface area contributed by atoms with E-state index in [0.717, 1.165) is 17.7 Å². The van der Waals surface area contributed by atoms with Crippen molar-refractivity contribution in [2.45, 2.75) is 6.54 Å². The van der Waals surface area contributed by atoms with Gasteiger partial charge in [0, 0.05) is 12.6 Å². The molecular formula is C18H18F2N2O4. The summed E-state index contributed by atoms with van der Waals surface area (Å²) in [4.78, 5) is 23.7. The van der Waals surface area contributed by atoms with Crippen molar-refractivity contribution < 1.29 is 27.8 Å². The van der Waals surface area contributed by atoms with Crippen LogP contribution in [0.1, 0.15) is 15.9 Å². The molecule has 138 valence electrons. The normalized spacial score (nSPS) is 10.2. The first-order chi connectivity index (χ1) is 12.4. The van der Waals surface area contributed by atoms with Crippen LogP contribution in [0.15, 0.2) is 36.4 Å². The highest BCUT2D eigenvalue weighted by Crippen LogP contribution is 2.27. The van der Waals surface area contributed by atoms with E-state index in [4.69, 9.17) is 9.47 Å². The number of hydrogen-bond acceptors (Lipinski definition) is 4. The molecule has 0 aromatic heterocycles. The lowest BCUT2D eigenvalue weighted by atomic mass is 10.2. The Kier molecular flexibility index (Phi) is 6.48. The third-order valence-electron chi connectivity index (χ3n) is 3.52. The predicted octanol–water partition coefficient (Wildman–Crippen LogP) is 2.03. The van der Waals surface area contributed by atoms with E-state index in [-0.39, 0.29) is 18.7 Å². The van der Waals surface area contributed by atoms with Gasteiger partial charge < -0.3 is 20.1 Å². The Morgan fingerprint density at radius 1 is 0.962 bits per heavy atom. The molecule has 0 heterocycles. The number of methoxy groups -OCH3 is 2. The first-order valence-electron chi connectivity index (χ1n) is 7.65. The van der Waals surface area contributed by atoms with E-state index in [0.29, 0.717) is 17.6 Å². The summed E-state index contributed by atoms with van der Waals surface area (Å²) in [6, 6.07) is 7.77. The molecule has 2 amide bonds. The molecule has 0 saturated carbocycles. The first kappa shape index (κ1) is 19.2. The van der Waals surface area contributed by atoms with Crippen LogP contribution >= 0.6 is 0 Å². The Balaban J connectivity index is 1.86. The average Bonchev–Trinajstić information content (AvgIpc) is 2.64. The van der Waals surface area contributed by atoms with Gasteiger partial charge in [0.1, 0.15) is 11.6 Å². The van der Waals surface area contributed by atoms with Gasteiger partial charge in [-0.15, -0.1) is 0 Å². The van der Waals surface area contributed by atoms with Crippen LogP contribution in [-0.4, -0.2) is 32.6 Å². The third kappa shape index (κ3) is 4.92. The van der Waals surface area contributed by atoms with Crippen molar-refractivity contribution in [3.63, 3.8) is 0 Å². The van der Waals surface area contributed by atoms with E-state index in [1.807, 2.05) is 0 Å². The number of rotatable bonds is 7. The minimum atomic E-state index is -0.992. The number of nitrogens with one attached hydrogen (secondary N) is 2. The van der Waals surface area contributed by atoms with E-state index in [1.54, 1.807) is 18.2 Å². The van der Waals surface area contributed by atoms with E-state index >= 15 is 0 Å². The van der Waals surface area contributed by atoms with E-state index in [1.165, 1.54) is 14.2 Å². The fourth-order valence-electron chi connectivity index (χ4n) is 2.18. The molecule has 0 saturated heterocycles. The summed E-state index contributed by atoms with van der Waals surface area (Å²) < 4.78 is 36.6. The van der Waals surface area contributed by atoms with Gasteiger partial charge in [-0.25, -0.2) is 8.78 Å². The van der Waals surface area contributed by atoms with Crippen LogP contribution in [0.4, 0.5) is 8.78 Å². The number of carbonyl (C=O) groups excluding carboxylic acids is 2. The van der Waals surface area contributed by atoms with Gasteiger partial charge in [-0.3, -0.25) is 9.59 Å². The van der Waals surface area contributed by atoms with Gasteiger partial charge in [-0.05, 0) is 29.8 Å². The summed E-state index contributed by atoms with van der Waals surface area (Å²) >= 11 is 0. The lowest BCUT2D eigenvalue weighted by Gasteiger charge is -2.11. The molecule has 0 fully saturated rings. The maximum atomic E-state index is 13.5. The molecule has 0 aliphatic rings. The van der Waals surface area contributed by atoms with Crippen molar-refractivity contribution in [2.24, 2.45) is 0 Å². The molecule has 0 bridgehead atoms. The molecule has 2 rings (SSSR count). The molecule has 0 aliphatic heterocycles. The zero-order valence-electron chi connectivity index (χ0n) is 14.3. The number of amides is 2. The van der Waals surface area contributed by atoms with Gasteiger partial charge >= 0.3 is 0 Å². The van der Waals surface area contributed by atoms with Crippen LogP contribution in [0.2, 0.25) is 0 Å². The largest absolute Gasteiger partial charge is 0.493 e. The zero-order valence-corrected chi connectivity index (χ0v) is 14.3. The van der Waals surface area contributed by atoms with E-state index < -0.39 is 23.4 Å². The van der Waals surface area contributed by atoms with Crippen molar-refractivity contribution in [1.82, 2.24) is 10.6 Å². The monoisotopic (exact) mass is 364 g/mol. The van der Waals surface area contributed by atoms with Crippen molar-refractivity contribution >= 4 is 11.8 Å². The van der Waals surface area contributed by atoms with Crippen LogP contribution in [-0.2, 0) is 11.3 Å². The number of halogens is 2. The lowest BCUT2D eigenvalue weighted by Crippen LogP contribution is -2.36. The summed E-state index contributed by atoms with van der Waals surface area (Å²) in [5.74, 6) is -1.95. The molecule has 0 spiro atoms. The van der Waals surface area contributed by atoms with Crippen LogP contribution in [0.5, 0.6) is 11.5 Å². The Hall–Kier alpha value is -3.16. The molecule has 6 nitrogen and oxygen atoms in total. The van der Waals surface area contributed by atoms with Gasteiger partial charge in [0.05, 0.1) is 26.3 Å². The van der Waals surface area contributed by atoms with Gasteiger partial charge in [-0.2, -0.15) is 0 Å². The number of benzene rings is 2. The van der Waals surface area contributed by atoms with E-state index in [9.17, 15) is 18.4 Å². The molecule has 0 aliphatic carbocycles. The topological polar surface area (TPSA) is 76.7 Å². The smallest absolute Gasteiger partial charge is 0.254 e. The predicted molar refractivity (Wildman–Crippen MR) is 90.1 cm³/mol. The quantitative estimate of drug-likeness (QED) is 0.788. The summed E-state index contributed by atoms with van der Waals surface area (Å²) in [5.41, 5.74) is 0.436. The Morgan fingerprint density at radius 3 is 2.35 bits per heavy atom. The van der Waals surface area contributed by atoms with Crippen molar-refractivity contribution in [3.05, 3.63) is 59.2 Å². The molecule has 2 N–H and O–H groups in total. The molecule has 2 aromatic rings. The fourth-order valence-corrected chi connectivity index (χ4v) is 2.18. The highest BCUT2D eigenvalue weighted by molar-refractivity contribution is 5.96. The molecule has 8 heteroatoms. The Labute approximate surface area is 149 Å². The van der Waals surface area contributed by atoms with Gasteiger partial charge in [-0.1, -0.05) is 6.07 Å². The highest BCUT2D eigenvalue weighted by Gasteiger charge is 2.13. The van der Waals surface area contributed by atoms with E-state index in [2.05, 4.69) is 10.6 Å². The minimum absolute atomic E-state index is 0.208. The molecule has 0 atom stereocenters. The zero-order chi connectivity index (χ0) is 19.1. The first-order valence-corrected chi connectivity index (χ1v) is 7.65. The number of hydrogen-bond donors (Lipinski definition) is 2. The summed E-state index contributed by atoms with van der Waals surface area (Å²) in [5, 5.41) is 4.89. The minimum Gasteiger partial charge on any atom is -0.493 e. The molecular weight excluding hydrogens is 346 g/mol. The van der Waals surface area contributed by atoms with Crippen LogP contribution in [0.3, 0.4) is 0 Å². The third-order valence-corrected chi connectivity index (χ3v) is 3.52. The molecule has 0 radical (unpaired) electrons. The second kappa shape index (κ2) is 8.80. The van der Waals surface area contributed by atoms with Crippen LogP contribution in [0, 0.1) is 11.6 Å². The fraction of sp³-hybridized carbons (Fsp3) is 0.222. The second-order valence-corrected chi connectivity index (χ2v) is 5.27. The summed E-state index contributed by atoms with van der Waals surface area (Å²) in [7, 11) is 3.02. The van der Waals surface area contributed by atoms with Gasteiger partial charge in [0.25, 0.3) is 5.91 Å². The van der Waals surface area contributed by atoms with Crippen LogP contribution < -0.4 is 20.1 Å². The van der Waals surface area contributed by atoms with Crippen molar-refractivity contribution in [2.75, 3.05) is 20.8 Å². The van der Waals surface area contributed by atoms with Crippen LogP contribution in [0.25, 0.3) is 0 Å².